The number of hydrogen-bond acceptors (Lipinski definition) is 4. The Balaban J connectivity index is 2.73. The summed E-state index contributed by atoms with van der Waals surface area (Å²) in [6, 6.07) is 2.56. The van der Waals surface area contributed by atoms with Gasteiger partial charge < -0.3 is 0 Å². The molecule has 0 N–H and O–H groups in total. The third-order valence-electron chi connectivity index (χ3n) is 3.58. The van der Waals surface area contributed by atoms with Gasteiger partial charge in [-0.05, 0) is 30.2 Å². The van der Waals surface area contributed by atoms with E-state index in [4.69, 9.17) is 0 Å². The van der Waals surface area contributed by atoms with Gasteiger partial charge in [-0.3, -0.25) is 20.2 Å². The molecule has 1 aliphatic rings. The monoisotopic (exact) mass is 250 g/mol. The Kier molecular flexibility index (Phi) is 2.80. The van der Waals surface area contributed by atoms with E-state index >= 15 is 0 Å². The Labute approximate surface area is 104 Å². The van der Waals surface area contributed by atoms with E-state index in [2.05, 4.69) is 0 Å². The fourth-order valence-corrected chi connectivity index (χ4v) is 2.62. The first-order chi connectivity index (χ1) is 8.33. The molecule has 1 aromatic carbocycles. The molecule has 96 valence electrons. The zero-order chi connectivity index (χ0) is 13.5. The number of benzene rings is 1. The average molecular weight is 250 g/mol. The molecule has 0 atom stereocenters. The van der Waals surface area contributed by atoms with Crippen LogP contribution in [-0.4, -0.2) is 9.85 Å². The van der Waals surface area contributed by atoms with Crippen LogP contribution in [0.1, 0.15) is 37.8 Å². The van der Waals surface area contributed by atoms with Crippen LogP contribution in [0.3, 0.4) is 0 Å². The molecule has 6 nitrogen and oxygen atoms in total. The normalized spacial score (nSPS) is 17.0. The predicted molar refractivity (Wildman–Crippen MR) is 65.7 cm³/mol. The lowest BCUT2D eigenvalue weighted by molar-refractivity contribution is -0.394. The van der Waals surface area contributed by atoms with Crippen LogP contribution in [0.15, 0.2) is 12.1 Å². The molecule has 0 heterocycles. The van der Waals surface area contributed by atoms with Crippen molar-refractivity contribution in [1.29, 1.82) is 0 Å². The highest BCUT2D eigenvalue weighted by Crippen LogP contribution is 2.42. The summed E-state index contributed by atoms with van der Waals surface area (Å²) in [5, 5.41) is 21.9. The van der Waals surface area contributed by atoms with Crippen LogP contribution in [0, 0.1) is 20.2 Å². The quantitative estimate of drug-likeness (QED) is 0.596. The molecule has 0 unspecified atom stereocenters. The molecule has 0 amide bonds. The smallest absolute Gasteiger partial charge is 0.258 e. The Bertz CT molecular complexity index is 537. The largest absolute Gasteiger partial charge is 0.279 e. The molecule has 0 aliphatic heterocycles. The maximum absolute atomic E-state index is 11.0. The van der Waals surface area contributed by atoms with E-state index < -0.39 is 9.85 Å². The number of nitro groups is 2. The first-order valence-electron chi connectivity index (χ1n) is 5.79. The molecular formula is C12H14N2O4. The van der Waals surface area contributed by atoms with Crippen molar-refractivity contribution in [2.75, 3.05) is 0 Å². The minimum Gasteiger partial charge on any atom is -0.258 e. The summed E-state index contributed by atoms with van der Waals surface area (Å²) in [6.07, 6.45) is 2.38. The average Bonchev–Trinajstić information content (AvgIpc) is 2.27. The molecule has 0 aromatic heterocycles. The summed E-state index contributed by atoms with van der Waals surface area (Å²) in [6.45, 7) is 3.94. The van der Waals surface area contributed by atoms with E-state index in [9.17, 15) is 20.2 Å². The van der Waals surface area contributed by atoms with E-state index in [1.807, 2.05) is 13.8 Å². The van der Waals surface area contributed by atoms with Gasteiger partial charge in [0.2, 0.25) is 0 Å². The lowest BCUT2D eigenvalue weighted by atomic mass is 9.72. The molecule has 1 aromatic rings. The van der Waals surface area contributed by atoms with Gasteiger partial charge in [0, 0.05) is 11.6 Å². The second kappa shape index (κ2) is 4.04. The summed E-state index contributed by atoms with van der Waals surface area (Å²) >= 11 is 0. The van der Waals surface area contributed by atoms with Crippen molar-refractivity contribution in [3.8, 4) is 0 Å². The van der Waals surface area contributed by atoms with E-state index in [1.54, 1.807) is 0 Å². The number of nitro benzene ring substituents is 2. The fraction of sp³-hybridized carbons (Fsp3) is 0.500. The van der Waals surface area contributed by atoms with Crippen LogP contribution < -0.4 is 0 Å². The molecular weight excluding hydrogens is 236 g/mol. The van der Waals surface area contributed by atoms with Crippen LogP contribution >= 0.6 is 0 Å². The summed E-state index contributed by atoms with van der Waals surface area (Å²) in [7, 11) is 0. The lowest BCUT2D eigenvalue weighted by Gasteiger charge is -2.31. The van der Waals surface area contributed by atoms with Gasteiger partial charge in [-0.25, -0.2) is 0 Å². The van der Waals surface area contributed by atoms with Crippen LogP contribution in [0.25, 0.3) is 0 Å². The number of rotatable bonds is 2. The number of non-ortho nitro benzene ring substituents is 1. The first-order valence-corrected chi connectivity index (χ1v) is 5.79. The number of fused-ring (bicyclic) bond motifs is 1. The fourth-order valence-electron chi connectivity index (χ4n) is 2.62. The van der Waals surface area contributed by atoms with Crippen LogP contribution in [0.4, 0.5) is 11.4 Å². The molecule has 0 saturated carbocycles. The molecule has 0 spiro atoms. The maximum Gasteiger partial charge on any atom is 0.279 e. The topological polar surface area (TPSA) is 86.3 Å². The summed E-state index contributed by atoms with van der Waals surface area (Å²) in [5.74, 6) is 0. The van der Waals surface area contributed by atoms with Crippen LogP contribution in [0.5, 0.6) is 0 Å². The first kappa shape index (κ1) is 12.5. The van der Waals surface area contributed by atoms with E-state index in [0.29, 0.717) is 12.0 Å². The minimum atomic E-state index is -0.571. The molecule has 0 fully saturated rings. The van der Waals surface area contributed by atoms with Crippen molar-refractivity contribution in [2.24, 2.45) is 0 Å². The van der Waals surface area contributed by atoms with Crippen molar-refractivity contribution in [3.63, 3.8) is 0 Å². The SMILES string of the molecule is CC1(C)CCCc2c([N+](=O)[O-])cc([N+](=O)[O-])cc21. The van der Waals surface area contributed by atoms with Crippen molar-refractivity contribution in [1.82, 2.24) is 0 Å². The second-order valence-electron chi connectivity index (χ2n) is 5.24. The van der Waals surface area contributed by atoms with Crippen molar-refractivity contribution < 1.29 is 9.85 Å². The van der Waals surface area contributed by atoms with Gasteiger partial charge in [-0.1, -0.05) is 13.8 Å². The predicted octanol–water partition coefficient (Wildman–Crippen LogP) is 3.12. The molecule has 1 aliphatic carbocycles. The Hall–Kier alpha value is -1.98. The van der Waals surface area contributed by atoms with Crippen LogP contribution in [-0.2, 0) is 11.8 Å². The highest BCUT2D eigenvalue weighted by molar-refractivity contribution is 5.56. The highest BCUT2D eigenvalue weighted by atomic mass is 16.6. The zero-order valence-electron chi connectivity index (χ0n) is 10.3. The van der Waals surface area contributed by atoms with Crippen molar-refractivity contribution in [2.45, 2.75) is 38.5 Å². The number of nitrogens with zero attached hydrogens (tertiary/aromatic N) is 2. The Morgan fingerprint density at radius 1 is 1.17 bits per heavy atom. The second-order valence-corrected chi connectivity index (χ2v) is 5.24. The summed E-state index contributed by atoms with van der Waals surface area (Å²) in [4.78, 5) is 20.8. The molecule has 2 rings (SSSR count). The zero-order valence-corrected chi connectivity index (χ0v) is 10.3. The van der Waals surface area contributed by atoms with Gasteiger partial charge in [-0.15, -0.1) is 0 Å². The summed E-state index contributed by atoms with van der Waals surface area (Å²) < 4.78 is 0. The lowest BCUT2D eigenvalue weighted by Crippen LogP contribution is -2.24. The standard InChI is InChI=1S/C12H14N2O4/c1-12(2)5-3-4-9-10(12)6-8(13(15)16)7-11(9)14(17)18/h6-7H,3-5H2,1-2H3. The third-order valence-corrected chi connectivity index (χ3v) is 3.58. The van der Waals surface area contributed by atoms with Gasteiger partial charge >= 0.3 is 0 Å². The van der Waals surface area contributed by atoms with E-state index in [-0.39, 0.29) is 16.8 Å². The van der Waals surface area contributed by atoms with Crippen LogP contribution in [0.2, 0.25) is 0 Å². The van der Waals surface area contributed by atoms with Gasteiger partial charge in [0.15, 0.2) is 0 Å². The van der Waals surface area contributed by atoms with Crippen molar-refractivity contribution in [3.05, 3.63) is 43.5 Å². The molecule has 6 heteroatoms. The molecule has 0 radical (unpaired) electrons. The third kappa shape index (κ3) is 1.94. The highest BCUT2D eigenvalue weighted by Gasteiger charge is 2.34. The summed E-state index contributed by atoms with van der Waals surface area (Å²) in [5.41, 5.74) is 0.837. The van der Waals surface area contributed by atoms with Gasteiger partial charge in [-0.2, -0.15) is 0 Å². The van der Waals surface area contributed by atoms with E-state index in [0.717, 1.165) is 24.5 Å². The van der Waals surface area contributed by atoms with Gasteiger partial charge in [0.05, 0.1) is 15.9 Å². The van der Waals surface area contributed by atoms with Gasteiger partial charge in [0.1, 0.15) is 0 Å². The molecule has 18 heavy (non-hydrogen) atoms. The Morgan fingerprint density at radius 2 is 1.83 bits per heavy atom. The van der Waals surface area contributed by atoms with Crippen molar-refractivity contribution >= 4 is 11.4 Å². The molecule has 0 saturated heterocycles. The van der Waals surface area contributed by atoms with E-state index in [1.165, 1.54) is 6.07 Å². The number of hydrogen-bond donors (Lipinski definition) is 0. The maximum atomic E-state index is 11.0. The minimum absolute atomic E-state index is 0.119. The Morgan fingerprint density at radius 3 is 2.39 bits per heavy atom. The molecule has 0 bridgehead atoms. The van der Waals surface area contributed by atoms with Gasteiger partial charge in [0.25, 0.3) is 11.4 Å².